The first-order chi connectivity index (χ1) is 10.0. The molecular formula is C14H14N2O4S. The Bertz CT molecular complexity index is 625. The third-order valence-electron chi connectivity index (χ3n) is 4.03. The predicted molar refractivity (Wildman–Crippen MR) is 74.7 cm³/mol. The summed E-state index contributed by atoms with van der Waals surface area (Å²) in [6.07, 6.45) is 5.06. The summed E-state index contributed by atoms with van der Waals surface area (Å²) >= 11 is 1.16. The van der Waals surface area contributed by atoms with E-state index in [4.69, 9.17) is 5.11 Å². The molecule has 110 valence electrons. The fraction of sp³-hybridized carbons (Fsp3) is 0.429. The van der Waals surface area contributed by atoms with Crippen LogP contribution in [0.1, 0.15) is 41.3 Å². The molecule has 2 amide bonds. The van der Waals surface area contributed by atoms with Crippen LogP contribution in [0.5, 0.6) is 0 Å². The van der Waals surface area contributed by atoms with Crippen molar-refractivity contribution in [1.82, 2.24) is 9.88 Å². The number of hydrogen-bond acceptors (Lipinski definition) is 5. The Morgan fingerprint density at radius 2 is 1.90 bits per heavy atom. The van der Waals surface area contributed by atoms with E-state index >= 15 is 0 Å². The van der Waals surface area contributed by atoms with Crippen LogP contribution in [0.3, 0.4) is 0 Å². The molecule has 0 spiro atoms. The molecular weight excluding hydrogens is 292 g/mol. The van der Waals surface area contributed by atoms with Gasteiger partial charge in [-0.3, -0.25) is 14.5 Å². The highest BCUT2D eigenvalue weighted by Crippen LogP contribution is 2.39. The van der Waals surface area contributed by atoms with Crippen LogP contribution in [0.4, 0.5) is 0 Å². The summed E-state index contributed by atoms with van der Waals surface area (Å²) in [5.41, 5.74) is -0.0555. The lowest BCUT2D eigenvalue weighted by molar-refractivity contribution is -0.142. The van der Waals surface area contributed by atoms with Crippen molar-refractivity contribution in [3.63, 3.8) is 0 Å². The minimum absolute atomic E-state index is 0.0555. The largest absolute Gasteiger partial charge is 0.476 e. The van der Waals surface area contributed by atoms with E-state index in [-0.39, 0.29) is 29.3 Å². The van der Waals surface area contributed by atoms with Crippen molar-refractivity contribution in [2.45, 2.75) is 25.8 Å². The Kier molecular flexibility index (Phi) is 3.36. The van der Waals surface area contributed by atoms with E-state index in [0.717, 1.165) is 11.3 Å². The molecule has 0 radical (unpaired) electrons. The smallest absolute Gasteiger partial charge is 0.355 e. The van der Waals surface area contributed by atoms with Crippen LogP contribution in [0.15, 0.2) is 17.5 Å². The second-order valence-corrected chi connectivity index (χ2v) is 6.14. The van der Waals surface area contributed by atoms with Crippen LogP contribution >= 0.6 is 11.3 Å². The number of hydrogen-bond donors (Lipinski definition) is 1. The number of carboxylic acid groups (broad SMARTS) is 1. The van der Waals surface area contributed by atoms with Crippen molar-refractivity contribution >= 4 is 29.1 Å². The van der Waals surface area contributed by atoms with Crippen molar-refractivity contribution < 1.29 is 19.5 Å². The monoisotopic (exact) mass is 306 g/mol. The standard InChI is InChI=1S/C14H14N2O4S/c1-7(11-15-10(6-21-11)14(19)20)16-12(17)8-4-2-3-5-9(8)13(16)18/h2-3,6-9H,4-5H2,1H3,(H,19,20)/t7?,8-,9+. The summed E-state index contributed by atoms with van der Waals surface area (Å²) in [5, 5.41) is 10.8. The molecule has 21 heavy (non-hydrogen) atoms. The molecule has 3 rings (SSSR count). The molecule has 1 saturated heterocycles. The average Bonchev–Trinajstić information content (AvgIpc) is 3.05. The van der Waals surface area contributed by atoms with Crippen molar-refractivity contribution in [1.29, 1.82) is 0 Å². The number of aromatic nitrogens is 1. The predicted octanol–water partition coefficient (Wildman–Crippen LogP) is 1.85. The Morgan fingerprint density at radius 1 is 1.33 bits per heavy atom. The lowest BCUT2D eigenvalue weighted by atomic mass is 9.85. The van der Waals surface area contributed by atoms with Crippen molar-refractivity contribution in [2.75, 3.05) is 0 Å². The van der Waals surface area contributed by atoms with Crippen LogP contribution < -0.4 is 0 Å². The maximum atomic E-state index is 12.4. The van der Waals surface area contributed by atoms with Gasteiger partial charge in [-0.15, -0.1) is 11.3 Å². The number of aromatic carboxylic acids is 1. The van der Waals surface area contributed by atoms with Gasteiger partial charge in [-0.2, -0.15) is 0 Å². The first-order valence-corrected chi connectivity index (χ1v) is 7.59. The van der Waals surface area contributed by atoms with Gasteiger partial charge in [0.2, 0.25) is 11.8 Å². The minimum Gasteiger partial charge on any atom is -0.476 e. The number of imide groups is 1. The molecule has 2 aliphatic rings. The van der Waals surface area contributed by atoms with Crippen LogP contribution in [-0.2, 0) is 9.59 Å². The second kappa shape index (κ2) is 5.07. The van der Waals surface area contributed by atoms with E-state index in [9.17, 15) is 14.4 Å². The molecule has 0 bridgehead atoms. The Balaban J connectivity index is 1.87. The van der Waals surface area contributed by atoms with Crippen molar-refractivity contribution in [3.05, 3.63) is 28.2 Å². The lowest BCUT2D eigenvalue weighted by Crippen LogP contribution is -2.33. The van der Waals surface area contributed by atoms with Gasteiger partial charge in [0.25, 0.3) is 0 Å². The molecule has 6 nitrogen and oxygen atoms in total. The number of amides is 2. The molecule has 1 fully saturated rings. The number of allylic oxidation sites excluding steroid dienone is 2. The Labute approximate surface area is 125 Å². The van der Waals surface area contributed by atoms with Crippen LogP contribution in [0.25, 0.3) is 0 Å². The summed E-state index contributed by atoms with van der Waals surface area (Å²) in [4.78, 5) is 41.0. The van der Waals surface area contributed by atoms with Gasteiger partial charge in [0, 0.05) is 5.38 Å². The highest BCUT2D eigenvalue weighted by atomic mass is 32.1. The molecule has 1 aromatic heterocycles. The van der Waals surface area contributed by atoms with Crippen molar-refractivity contribution in [2.24, 2.45) is 11.8 Å². The van der Waals surface area contributed by atoms with Gasteiger partial charge < -0.3 is 5.11 Å². The molecule has 1 aromatic rings. The fourth-order valence-corrected chi connectivity index (χ4v) is 3.74. The van der Waals surface area contributed by atoms with Crippen molar-refractivity contribution in [3.8, 4) is 0 Å². The zero-order valence-electron chi connectivity index (χ0n) is 11.4. The summed E-state index contributed by atoms with van der Waals surface area (Å²) < 4.78 is 0. The molecule has 1 aliphatic carbocycles. The normalized spacial score (nSPS) is 26.0. The third kappa shape index (κ3) is 2.17. The van der Waals surface area contributed by atoms with Crippen LogP contribution in [0.2, 0.25) is 0 Å². The first-order valence-electron chi connectivity index (χ1n) is 6.71. The summed E-state index contributed by atoms with van der Waals surface area (Å²) in [6, 6.07) is -0.520. The second-order valence-electron chi connectivity index (χ2n) is 5.25. The molecule has 0 aromatic carbocycles. The quantitative estimate of drug-likeness (QED) is 0.680. The molecule has 7 heteroatoms. The molecule has 2 heterocycles. The molecule has 1 N–H and O–H groups in total. The van der Waals surface area contributed by atoms with E-state index in [1.54, 1.807) is 6.92 Å². The third-order valence-corrected chi connectivity index (χ3v) is 5.04. The first kappa shape index (κ1) is 13.9. The van der Waals surface area contributed by atoms with Gasteiger partial charge in [0.1, 0.15) is 5.01 Å². The number of fused-ring (bicyclic) bond motifs is 1. The maximum Gasteiger partial charge on any atom is 0.355 e. The van der Waals surface area contributed by atoms with Gasteiger partial charge in [0.15, 0.2) is 5.69 Å². The van der Waals surface area contributed by atoms with Gasteiger partial charge in [0.05, 0.1) is 17.9 Å². The van der Waals surface area contributed by atoms with E-state index in [1.165, 1.54) is 10.3 Å². The average molecular weight is 306 g/mol. The number of carboxylic acids is 1. The molecule has 1 aliphatic heterocycles. The minimum atomic E-state index is -1.11. The van der Waals surface area contributed by atoms with Crippen LogP contribution in [-0.4, -0.2) is 32.8 Å². The Morgan fingerprint density at radius 3 is 2.38 bits per heavy atom. The van der Waals surface area contributed by atoms with E-state index in [1.807, 2.05) is 12.2 Å². The van der Waals surface area contributed by atoms with E-state index in [0.29, 0.717) is 17.8 Å². The number of carbonyl (C=O) groups excluding carboxylic acids is 2. The SMILES string of the molecule is CC(c1nc(C(=O)O)cs1)N1C(=O)[C@H]2CC=CC[C@H]2C1=O. The van der Waals surface area contributed by atoms with Crippen LogP contribution in [0, 0.1) is 11.8 Å². The summed E-state index contributed by atoms with van der Waals surface area (Å²) in [7, 11) is 0. The lowest BCUT2D eigenvalue weighted by Gasteiger charge is -2.21. The zero-order valence-corrected chi connectivity index (χ0v) is 12.2. The maximum absolute atomic E-state index is 12.4. The Hall–Kier alpha value is -2.02. The summed E-state index contributed by atoms with van der Waals surface area (Å²) in [6.45, 7) is 1.71. The number of thiazole rings is 1. The zero-order chi connectivity index (χ0) is 15.1. The topological polar surface area (TPSA) is 87.6 Å². The van der Waals surface area contributed by atoms with Gasteiger partial charge in [-0.05, 0) is 19.8 Å². The highest BCUT2D eigenvalue weighted by molar-refractivity contribution is 7.09. The number of likely N-dealkylation sites (tertiary alicyclic amines) is 1. The number of nitrogens with zero attached hydrogens (tertiary/aromatic N) is 2. The van der Waals surface area contributed by atoms with E-state index in [2.05, 4.69) is 4.98 Å². The van der Waals surface area contributed by atoms with E-state index < -0.39 is 12.0 Å². The number of carbonyl (C=O) groups is 3. The van der Waals surface area contributed by atoms with Gasteiger partial charge in [-0.25, -0.2) is 9.78 Å². The fourth-order valence-electron chi connectivity index (χ4n) is 2.90. The van der Waals surface area contributed by atoms with Gasteiger partial charge >= 0.3 is 5.97 Å². The highest BCUT2D eigenvalue weighted by Gasteiger charge is 2.49. The summed E-state index contributed by atoms with van der Waals surface area (Å²) in [5.74, 6) is -2.00. The molecule has 3 atom stereocenters. The molecule has 1 unspecified atom stereocenters. The van der Waals surface area contributed by atoms with Gasteiger partial charge in [-0.1, -0.05) is 12.2 Å². The molecule has 0 saturated carbocycles. The number of rotatable bonds is 3.